The predicted octanol–water partition coefficient (Wildman–Crippen LogP) is 1.74. The van der Waals surface area contributed by atoms with E-state index in [9.17, 15) is 13.5 Å². The largest absolute Gasteiger partial charge is 0.394 e. The van der Waals surface area contributed by atoms with Crippen molar-refractivity contribution in [2.75, 3.05) is 6.61 Å². The van der Waals surface area contributed by atoms with Gasteiger partial charge in [-0.15, -0.1) is 0 Å². The number of aliphatic hydroxyl groups excluding tert-OH is 1. The van der Waals surface area contributed by atoms with Crippen LogP contribution in [-0.2, 0) is 10.0 Å². The van der Waals surface area contributed by atoms with E-state index in [0.29, 0.717) is 6.42 Å². The lowest BCUT2D eigenvalue weighted by molar-refractivity contribution is 0.191. The normalized spacial score (nSPS) is 15.7. The van der Waals surface area contributed by atoms with E-state index in [2.05, 4.69) is 4.72 Å². The van der Waals surface area contributed by atoms with E-state index in [0.717, 1.165) is 11.0 Å². The SMILES string of the molecule is CCC(C)(CO)NS(=O)(=O)C=Cc1ccccc1. The zero-order chi connectivity index (χ0) is 13.6. The summed E-state index contributed by atoms with van der Waals surface area (Å²) in [5.41, 5.74) is -0.00933. The van der Waals surface area contributed by atoms with E-state index in [1.54, 1.807) is 6.92 Å². The van der Waals surface area contributed by atoms with Gasteiger partial charge in [-0.2, -0.15) is 0 Å². The highest BCUT2D eigenvalue weighted by molar-refractivity contribution is 7.92. The molecule has 2 N–H and O–H groups in total. The minimum absolute atomic E-state index is 0.234. The molecule has 1 rings (SSSR count). The molecule has 0 heterocycles. The molecule has 0 saturated carbocycles. The second-order valence-electron chi connectivity index (χ2n) is 4.43. The minimum atomic E-state index is -3.55. The second-order valence-corrected chi connectivity index (χ2v) is 6.00. The maximum atomic E-state index is 11.8. The Bertz CT molecular complexity index is 490. The van der Waals surface area contributed by atoms with Gasteiger partial charge >= 0.3 is 0 Å². The molecule has 1 aromatic rings. The molecule has 0 amide bonds. The van der Waals surface area contributed by atoms with Gasteiger partial charge in [0.1, 0.15) is 0 Å². The topological polar surface area (TPSA) is 66.4 Å². The van der Waals surface area contributed by atoms with Gasteiger partial charge in [0.25, 0.3) is 0 Å². The average Bonchev–Trinajstić information content (AvgIpc) is 2.37. The summed E-state index contributed by atoms with van der Waals surface area (Å²) in [5.74, 6) is 0. The summed E-state index contributed by atoms with van der Waals surface area (Å²) in [5, 5.41) is 10.3. The van der Waals surface area contributed by atoms with Crippen molar-refractivity contribution in [2.24, 2.45) is 0 Å². The van der Waals surface area contributed by atoms with Crippen molar-refractivity contribution >= 4 is 16.1 Å². The van der Waals surface area contributed by atoms with Crippen LogP contribution in [0.2, 0.25) is 0 Å². The Labute approximate surface area is 108 Å². The van der Waals surface area contributed by atoms with Crippen LogP contribution < -0.4 is 4.72 Å². The highest BCUT2D eigenvalue weighted by Crippen LogP contribution is 2.11. The second kappa shape index (κ2) is 6.13. The maximum Gasteiger partial charge on any atom is 0.234 e. The first-order valence-electron chi connectivity index (χ1n) is 5.79. The number of benzene rings is 1. The van der Waals surface area contributed by atoms with Crippen LogP contribution in [0.4, 0.5) is 0 Å². The van der Waals surface area contributed by atoms with Crippen LogP contribution in [0.25, 0.3) is 6.08 Å². The Kier molecular flexibility index (Phi) is 5.07. The summed E-state index contributed by atoms with van der Waals surface area (Å²) in [7, 11) is -3.55. The Morgan fingerprint density at radius 2 is 1.94 bits per heavy atom. The fourth-order valence-corrected chi connectivity index (χ4v) is 2.63. The number of hydrogen-bond acceptors (Lipinski definition) is 3. The summed E-state index contributed by atoms with van der Waals surface area (Å²) in [6.07, 6.45) is 2.04. The van der Waals surface area contributed by atoms with Crippen molar-refractivity contribution in [1.29, 1.82) is 0 Å². The van der Waals surface area contributed by atoms with Crippen LogP contribution in [0.1, 0.15) is 25.8 Å². The van der Waals surface area contributed by atoms with E-state index >= 15 is 0 Å². The van der Waals surface area contributed by atoms with Crippen LogP contribution in [0.15, 0.2) is 35.7 Å². The standard InChI is InChI=1S/C13H19NO3S/c1-3-13(2,11-15)14-18(16,17)10-9-12-7-5-4-6-8-12/h4-10,14-15H,3,11H2,1-2H3. The van der Waals surface area contributed by atoms with E-state index in [-0.39, 0.29) is 6.61 Å². The Morgan fingerprint density at radius 3 is 2.44 bits per heavy atom. The van der Waals surface area contributed by atoms with Gasteiger partial charge in [0.05, 0.1) is 12.1 Å². The third-order valence-electron chi connectivity index (χ3n) is 2.76. The molecule has 0 bridgehead atoms. The van der Waals surface area contributed by atoms with E-state index in [1.165, 1.54) is 6.08 Å². The first-order chi connectivity index (χ1) is 8.41. The number of hydrogen-bond donors (Lipinski definition) is 2. The van der Waals surface area contributed by atoms with Crippen LogP contribution in [0, 0.1) is 0 Å². The first-order valence-corrected chi connectivity index (χ1v) is 7.33. The molecule has 0 aliphatic rings. The summed E-state index contributed by atoms with van der Waals surface area (Å²) in [6.45, 7) is 3.25. The molecule has 18 heavy (non-hydrogen) atoms. The monoisotopic (exact) mass is 269 g/mol. The molecule has 0 fully saturated rings. The Balaban J connectivity index is 2.80. The molecule has 100 valence electrons. The molecule has 0 aliphatic heterocycles. The van der Waals surface area contributed by atoms with Crippen molar-refractivity contribution in [2.45, 2.75) is 25.8 Å². The number of nitrogens with one attached hydrogen (secondary N) is 1. The predicted molar refractivity (Wildman–Crippen MR) is 73.3 cm³/mol. The molecule has 0 radical (unpaired) electrons. The van der Waals surface area contributed by atoms with Crippen molar-refractivity contribution in [3.05, 3.63) is 41.3 Å². The molecule has 1 unspecified atom stereocenters. The van der Waals surface area contributed by atoms with Gasteiger partial charge in [0.2, 0.25) is 10.0 Å². The summed E-state index contributed by atoms with van der Waals surface area (Å²) in [4.78, 5) is 0. The number of aliphatic hydroxyl groups is 1. The van der Waals surface area contributed by atoms with Crippen LogP contribution in [-0.4, -0.2) is 25.7 Å². The third kappa shape index (κ3) is 4.60. The first kappa shape index (κ1) is 14.9. The lowest BCUT2D eigenvalue weighted by Crippen LogP contribution is -2.47. The third-order valence-corrected chi connectivity index (χ3v) is 4.03. The van der Waals surface area contributed by atoms with Gasteiger partial charge in [-0.05, 0) is 25.0 Å². The quantitative estimate of drug-likeness (QED) is 0.826. The van der Waals surface area contributed by atoms with Gasteiger partial charge in [0, 0.05) is 5.41 Å². The highest BCUT2D eigenvalue weighted by Gasteiger charge is 2.25. The van der Waals surface area contributed by atoms with Gasteiger partial charge in [0.15, 0.2) is 0 Å². The maximum absolute atomic E-state index is 11.8. The molecule has 0 aromatic heterocycles. The summed E-state index contributed by atoms with van der Waals surface area (Å²) in [6, 6.07) is 9.17. The minimum Gasteiger partial charge on any atom is -0.394 e. The van der Waals surface area contributed by atoms with Gasteiger partial charge in [-0.25, -0.2) is 13.1 Å². The molecule has 4 nitrogen and oxygen atoms in total. The number of rotatable bonds is 6. The van der Waals surface area contributed by atoms with Gasteiger partial charge < -0.3 is 5.11 Å². The molecule has 0 aliphatic carbocycles. The molecule has 1 aromatic carbocycles. The fourth-order valence-electron chi connectivity index (χ4n) is 1.33. The van der Waals surface area contributed by atoms with Crippen molar-refractivity contribution < 1.29 is 13.5 Å². The molecular formula is C13H19NO3S. The lowest BCUT2D eigenvalue weighted by Gasteiger charge is -2.25. The van der Waals surface area contributed by atoms with Crippen molar-refractivity contribution in [3.8, 4) is 0 Å². The summed E-state index contributed by atoms with van der Waals surface area (Å²) < 4.78 is 26.1. The molecule has 5 heteroatoms. The highest BCUT2D eigenvalue weighted by atomic mass is 32.2. The zero-order valence-electron chi connectivity index (χ0n) is 10.6. The van der Waals surface area contributed by atoms with Crippen LogP contribution in [0.5, 0.6) is 0 Å². The molecular weight excluding hydrogens is 250 g/mol. The fraction of sp³-hybridized carbons (Fsp3) is 0.385. The van der Waals surface area contributed by atoms with E-state index in [1.807, 2.05) is 37.3 Å². The zero-order valence-corrected chi connectivity index (χ0v) is 11.4. The molecule has 1 atom stereocenters. The molecule has 0 spiro atoms. The Morgan fingerprint density at radius 1 is 1.33 bits per heavy atom. The number of sulfonamides is 1. The van der Waals surface area contributed by atoms with Crippen LogP contribution >= 0.6 is 0 Å². The van der Waals surface area contributed by atoms with E-state index < -0.39 is 15.6 Å². The Hall–Kier alpha value is -1.17. The van der Waals surface area contributed by atoms with E-state index in [4.69, 9.17) is 0 Å². The van der Waals surface area contributed by atoms with Crippen LogP contribution in [0.3, 0.4) is 0 Å². The van der Waals surface area contributed by atoms with Crippen molar-refractivity contribution in [1.82, 2.24) is 4.72 Å². The van der Waals surface area contributed by atoms with Gasteiger partial charge in [-0.1, -0.05) is 37.3 Å². The smallest absolute Gasteiger partial charge is 0.234 e. The summed E-state index contributed by atoms with van der Waals surface area (Å²) >= 11 is 0. The van der Waals surface area contributed by atoms with Gasteiger partial charge in [-0.3, -0.25) is 0 Å². The lowest BCUT2D eigenvalue weighted by atomic mass is 10.0. The average molecular weight is 269 g/mol. The van der Waals surface area contributed by atoms with Crippen molar-refractivity contribution in [3.63, 3.8) is 0 Å². The molecule has 0 saturated heterocycles.